The van der Waals surface area contributed by atoms with Gasteiger partial charge in [0, 0.05) is 17.5 Å². The third-order valence-corrected chi connectivity index (χ3v) is 4.22. The molecule has 0 spiro atoms. The van der Waals surface area contributed by atoms with E-state index in [2.05, 4.69) is 15.9 Å². The lowest BCUT2D eigenvalue weighted by Crippen LogP contribution is -2.19. The minimum atomic E-state index is -0.281. The molecule has 2 aromatic rings. The summed E-state index contributed by atoms with van der Waals surface area (Å²) in [6.45, 7) is 1.84. The second kappa shape index (κ2) is 3.67. The lowest BCUT2D eigenvalue weighted by molar-refractivity contribution is 0.620. The molecular weight excluding hydrogens is 285 g/mol. The van der Waals surface area contributed by atoms with Gasteiger partial charge in [0.2, 0.25) is 0 Å². The molecule has 17 heavy (non-hydrogen) atoms. The third kappa shape index (κ3) is 1.62. The van der Waals surface area contributed by atoms with E-state index >= 15 is 0 Å². The molecule has 0 radical (unpaired) electrons. The highest BCUT2D eigenvalue weighted by molar-refractivity contribution is 9.10. The fourth-order valence-corrected chi connectivity index (χ4v) is 2.56. The zero-order valence-corrected chi connectivity index (χ0v) is 10.9. The number of aromatic nitrogens is 1. The number of rotatable bonds is 1. The van der Waals surface area contributed by atoms with Crippen LogP contribution in [0.2, 0.25) is 0 Å². The van der Waals surface area contributed by atoms with Crippen LogP contribution in [0.15, 0.2) is 27.5 Å². The first-order chi connectivity index (χ1) is 8.09. The highest BCUT2D eigenvalue weighted by Crippen LogP contribution is 2.38. The first kappa shape index (κ1) is 11.0. The van der Waals surface area contributed by atoms with Crippen molar-refractivity contribution in [1.29, 1.82) is 0 Å². The van der Waals surface area contributed by atoms with Crippen molar-refractivity contribution in [2.24, 2.45) is 0 Å². The molecule has 1 fully saturated rings. The van der Waals surface area contributed by atoms with Crippen LogP contribution in [0.4, 0.5) is 4.39 Å². The van der Waals surface area contributed by atoms with E-state index in [1.165, 1.54) is 12.1 Å². The van der Waals surface area contributed by atoms with Crippen molar-refractivity contribution in [3.63, 3.8) is 0 Å². The summed E-state index contributed by atoms with van der Waals surface area (Å²) in [7, 11) is 0. The maximum Gasteiger partial charge on any atom is 0.251 e. The van der Waals surface area contributed by atoms with Crippen molar-refractivity contribution in [2.45, 2.75) is 25.8 Å². The summed E-state index contributed by atoms with van der Waals surface area (Å²) in [5, 5.41) is 0.787. The van der Waals surface area contributed by atoms with E-state index in [9.17, 15) is 9.18 Å². The van der Waals surface area contributed by atoms with Crippen LogP contribution in [0.3, 0.4) is 0 Å². The van der Waals surface area contributed by atoms with Crippen LogP contribution in [0.5, 0.6) is 0 Å². The fourth-order valence-electron chi connectivity index (χ4n) is 2.26. The van der Waals surface area contributed by atoms with E-state index in [0.717, 1.165) is 29.3 Å². The maximum atomic E-state index is 13.6. The molecule has 1 saturated carbocycles. The summed E-state index contributed by atoms with van der Waals surface area (Å²) < 4.78 is 15.9. The van der Waals surface area contributed by atoms with Crippen LogP contribution in [-0.4, -0.2) is 4.57 Å². The van der Waals surface area contributed by atoms with Gasteiger partial charge in [-0.3, -0.25) is 4.79 Å². The van der Waals surface area contributed by atoms with Gasteiger partial charge in [0.25, 0.3) is 5.56 Å². The largest absolute Gasteiger partial charge is 0.305 e. The fraction of sp³-hybridized carbons (Fsp3) is 0.308. The number of hydrogen-bond donors (Lipinski definition) is 0. The van der Waals surface area contributed by atoms with Gasteiger partial charge < -0.3 is 4.57 Å². The smallest absolute Gasteiger partial charge is 0.251 e. The Morgan fingerprint density at radius 2 is 2.12 bits per heavy atom. The average Bonchev–Trinajstić information content (AvgIpc) is 3.11. The molecule has 0 unspecified atom stereocenters. The van der Waals surface area contributed by atoms with Gasteiger partial charge in [-0.2, -0.15) is 0 Å². The minimum absolute atomic E-state index is 0.00149. The van der Waals surface area contributed by atoms with Crippen molar-refractivity contribution in [2.75, 3.05) is 0 Å². The molecule has 0 atom stereocenters. The van der Waals surface area contributed by atoms with Crippen LogP contribution in [-0.2, 0) is 0 Å². The normalized spacial score (nSPS) is 15.5. The lowest BCUT2D eigenvalue weighted by atomic mass is 10.1. The Morgan fingerprint density at radius 3 is 2.76 bits per heavy atom. The van der Waals surface area contributed by atoms with Gasteiger partial charge in [-0.25, -0.2) is 4.39 Å². The van der Waals surface area contributed by atoms with E-state index < -0.39 is 0 Å². The van der Waals surface area contributed by atoms with E-state index in [0.29, 0.717) is 10.5 Å². The summed E-state index contributed by atoms with van der Waals surface area (Å²) in [6.07, 6.45) is 2.07. The van der Waals surface area contributed by atoms with E-state index in [-0.39, 0.29) is 11.4 Å². The summed E-state index contributed by atoms with van der Waals surface area (Å²) in [6, 6.07) is 4.99. The van der Waals surface area contributed by atoms with E-state index in [4.69, 9.17) is 0 Å². The number of fused-ring (bicyclic) bond motifs is 1. The Morgan fingerprint density at radius 1 is 1.41 bits per heavy atom. The topological polar surface area (TPSA) is 22.0 Å². The molecule has 0 aliphatic heterocycles. The molecule has 0 saturated heterocycles. The number of aryl methyl sites for hydroxylation is 1. The first-order valence-corrected chi connectivity index (χ1v) is 6.39. The van der Waals surface area contributed by atoms with Gasteiger partial charge in [0.05, 0.1) is 9.99 Å². The van der Waals surface area contributed by atoms with Gasteiger partial charge in [0.1, 0.15) is 5.82 Å². The van der Waals surface area contributed by atoms with Crippen molar-refractivity contribution in [1.82, 2.24) is 4.57 Å². The minimum Gasteiger partial charge on any atom is -0.305 e. The number of hydrogen-bond acceptors (Lipinski definition) is 1. The Bertz CT molecular complexity index is 673. The molecule has 4 heteroatoms. The maximum absolute atomic E-state index is 13.6. The molecule has 1 aromatic carbocycles. The summed E-state index contributed by atoms with van der Waals surface area (Å²) >= 11 is 3.24. The first-order valence-electron chi connectivity index (χ1n) is 5.59. The van der Waals surface area contributed by atoms with Gasteiger partial charge in [0.15, 0.2) is 0 Å². The van der Waals surface area contributed by atoms with Gasteiger partial charge >= 0.3 is 0 Å². The van der Waals surface area contributed by atoms with E-state index in [1.54, 1.807) is 10.6 Å². The Labute approximate surface area is 106 Å². The van der Waals surface area contributed by atoms with Gasteiger partial charge in [-0.05, 0) is 53.4 Å². The predicted octanol–water partition coefficient (Wildman–Crippen LogP) is 3.55. The second-order valence-corrected chi connectivity index (χ2v) is 5.30. The van der Waals surface area contributed by atoms with Crippen molar-refractivity contribution in [3.05, 3.63) is 44.4 Å². The molecular formula is C13H11BrFNO. The van der Waals surface area contributed by atoms with Crippen LogP contribution in [0, 0.1) is 12.7 Å². The van der Waals surface area contributed by atoms with Gasteiger partial charge in [-0.1, -0.05) is 0 Å². The summed E-state index contributed by atoms with van der Waals surface area (Å²) in [5.41, 5.74) is 1.65. The SMILES string of the molecule is Cc1c(Br)c(F)cc2ccc(=O)n(C3CC3)c12. The molecule has 0 amide bonds. The average molecular weight is 296 g/mol. The van der Waals surface area contributed by atoms with Crippen LogP contribution >= 0.6 is 15.9 Å². The molecule has 2 nitrogen and oxygen atoms in total. The van der Waals surface area contributed by atoms with Crippen molar-refractivity contribution in [3.8, 4) is 0 Å². The highest BCUT2D eigenvalue weighted by Gasteiger charge is 2.27. The molecule has 1 aromatic heterocycles. The molecule has 3 rings (SSSR count). The lowest BCUT2D eigenvalue weighted by Gasteiger charge is -2.13. The summed E-state index contributed by atoms with van der Waals surface area (Å²) in [4.78, 5) is 11.9. The predicted molar refractivity (Wildman–Crippen MR) is 68.9 cm³/mol. The molecule has 0 bridgehead atoms. The Kier molecular flexibility index (Phi) is 2.36. The van der Waals surface area contributed by atoms with Crippen molar-refractivity contribution < 1.29 is 4.39 Å². The third-order valence-electron chi connectivity index (χ3n) is 3.25. The number of benzene rings is 1. The molecule has 1 aliphatic carbocycles. The highest BCUT2D eigenvalue weighted by atomic mass is 79.9. The van der Waals surface area contributed by atoms with Crippen LogP contribution < -0.4 is 5.56 Å². The monoisotopic (exact) mass is 295 g/mol. The molecule has 1 aliphatic rings. The standard InChI is InChI=1S/C13H11BrFNO/c1-7-12(14)10(15)6-8-2-5-11(17)16(13(7)8)9-3-4-9/h2,5-6,9H,3-4H2,1H3. The van der Waals surface area contributed by atoms with Crippen LogP contribution in [0.1, 0.15) is 24.4 Å². The molecule has 88 valence electrons. The zero-order chi connectivity index (χ0) is 12.2. The quantitative estimate of drug-likeness (QED) is 0.789. The Balaban J connectivity index is 2.49. The van der Waals surface area contributed by atoms with Crippen molar-refractivity contribution >= 4 is 26.8 Å². The number of halogens is 2. The summed E-state index contributed by atoms with van der Waals surface area (Å²) in [5.74, 6) is -0.281. The molecule has 1 heterocycles. The molecule has 0 N–H and O–H groups in total. The number of nitrogens with zero attached hydrogens (tertiary/aromatic N) is 1. The second-order valence-electron chi connectivity index (χ2n) is 4.51. The Hall–Kier alpha value is -1.16. The number of pyridine rings is 1. The van der Waals surface area contributed by atoms with Crippen LogP contribution in [0.25, 0.3) is 10.9 Å². The van der Waals surface area contributed by atoms with Gasteiger partial charge in [-0.15, -0.1) is 0 Å². The van der Waals surface area contributed by atoms with E-state index in [1.807, 2.05) is 6.92 Å². The zero-order valence-electron chi connectivity index (χ0n) is 9.34.